The summed E-state index contributed by atoms with van der Waals surface area (Å²) in [6, 6.07) is 0.669. The molecule has 0 amide bonds. The standard InChI is InChI=1S/C12H24N2O/c1-9-11(5-6-15-9)8-14-12-4-2-3-10(12)7-13/h9-12,14H,2-8,13H2,1H3. The normalized spacial score (nSPS) is 41.2. The molecular formula is C12H24N2O. The second kappa shape index (κ2) is 5.28. The summed E-state index contributed by atoms with van der Waals surface area (Å²) >= 11 is 0. The number of nitrogens with one attached hydrogen (secondary N) is 1. The van der Waals surface area contributed by atoms with Gasteiger partial charge in [0.15, 0.2) is 0 Å². The topological polar surface area (TPSA) is 47.3 Å². The first-order valence-corrected chi connectivity index (χ1v) is 6.36. The van der Waals surface area contributed by atoms with Crippen molar-refractivity contribution in [3.05, 3.63) is 0 Å². The quantitative estimate of drug-likeness (QED) is 0.734. The third-order valence-electron chi connectivity index (χ3n) is 4.14. The van der Waals surface area contributed by atoms with Crippen LogP contribution in [0.4, 0.5) is 0 Å². The van der Waals surface area contributed by atoms with E-state index < -0.39 is 0 Å². The van der Waals surface area contributed by atoms with Crippen molar-refractivity contribution in [2.45, 2.75) is 44.8 Å². The van der Waals surface area contributed by atoms with E-state index in [0.29, 0.717) is 24.0 Å². The predicted molar refractivity (Wildman–Crippen MR) is 61.7 cm³/mol. The third-order valence-corrected chi connectivity index (χ3v) is 4.14. The molecule has 3 heteroatoms. The van der Waals surface area contributed by atoms with Crippen molar-refractivity contribution in [3.63, 3.8) is 0 Å². The molecule has 3 N–H and O–H groups in total. The van der Waals surface area contributed by atoms with Crippen LogP contribution < -0.4 is 11.1 Å². The average Bonchev–Trinajstić information content (AvgIpc) is 2.83. The first-order chi connectivity index (χ1) is 7.31. The van der Waals surface area contributed by atoms with Crippen LogP contribution in [0.3, 0.4) is 0 Å². The van der Waals surface area contributed by atoms with Crippen molar-refractivity contribution in [2.75, 3.05) is 19.7 Å². The lowest BCUT2D eigenvalue weighted by Crippen LogP contribution is -2.39. The first-order valence-electron chi connectivity index (χ1n) is 6.36. The van der Waals surface area contributed by atoms with Crippen LogP contribution in [0.5, 0.6) is 0 Å². The minimum absolute atomic E-state index is 0.440. The maximum atomic E-state index is 5.77. The van der Waals surface area contributed by atoms with E-state index in [0.717, 1.165) is 19.7 Å². The van der Waals surface area contributed by atoms with Crippen molar-refractivity contribution in [2.24, 2.45) is 17.6 Å². The summed E-state index contributed by atoms with van der Waals surface area (Å²) in [6.45, 7) is 5.09. The highest BCUT2D eigenvalue weighted by atomic mass is 16.5. The molecule has 0 aromatic carbocycles. The van der Waals surface area contributed by atoms with Gasteiger partial charge in [-0.15, -0.1) is 0 Å². The van der Waals surface area contributed by atoms with Crippen LogP contribution in [-0.4, -0.2) is 31.8 Å². The van der Waals surface area contributed by atoms with E-state index in [1.54, 1.807) is 0 Å². The van der Waals surface area contributed by atoms with Crippen LogP contribution in [0.25, 0.3) is 0 Å². The Morgan fingerprint density at radius 2 is 2.13 bits per heavy atom. The molecule has 1 saturated heterocycles. The van der Waals surface area contributed by atoms with Gasteiger partial charge in [0.1, 0.15) is 0 Å². The summed E-state index contributed by atoms with van der Waals surface area (Å²) in [5.41, 5.74) is 5.77. The fourth-order valence-electron chi connectivity index (χ4n) is 2.93. The Kier molecular flexibility index (Phi) is 4.00. The molecule has 0 bridgehead atoms. The van der Waals surface area contributed by atoms with Gasteiger partial charge in [0.2, 0.25) is 0 Å². The molecule has 0 spiro atoms. The Bertz CT molecular complexity index is 198. The van der Waals surface area contributed by atoms with Crippen molar-refractivity contribution >= 4 is 0 Å². The minimum Gasteiger partial charge on any atom is -0.378 e. The third kappa shape index (κ3) is 2.71. The molecule has 2 fully saturated rings. The van der Waals surface area contributed by atoms with Crippen LogP contribution in [0.15, 0.2) is 0 Å². The Morgan fingerprint density at radius 1 is 1.27 bits per heavy atom. The van der Waals surface area contributed by atoms with E-state index in [1.807, 2.05) is 0 Å². The fourth-order valence-corrected chi connectivity index (χ4v) is 2.93. The van der Waals surface area contributed by atoms with Crippen molar-refractivity contribution < 1.29 is 4.74 Å². The lowest BCUT2D eigenvalue weighted by atomic mass is 10.00. The van der Waals surface area contributed by atoms with Crippen LogP contribution in [-0.2, 0) is 4.74 Å². The van der Waals surface area contributed by atoms with Crippen molar-refractivity contribution in [3.8, 4) is 0 Å². The van der Waals surface area contributed by atoms with Gasteiger partial charge in [-0.1, -0.05) is 6.42 Å². The summed E-state index contributed by atoms with van der Waals surface area (Å²) in [5.74, 6) is 1.42. The molecular weight excluding hydrogens is 188 g/mol. The molecule has 2 rings (SSSR count). The van der Waals surface area contributed by atoms with Crippen LogP contribution in [0.1, 0.15) is 32.6 Å². The van der Waals surface area contributed by atoms with Gasteiger partial charge < -0.3 is 15.8 Å². The molecule has 0 aromatic rings. The Morgan fingerprint density at radius 3 is 2.80 bits per heavy atom. The molecule has 3 nitrogen and oxygen atoms in total. The molecule has 0 radical (unpaired) electrons. The van der Waals surface area contributed by atoms with Crippen LogP contribution in [0.2, 0.25) is 0 Å². The average molecular weight is 212 g/mol. The van der Waals surface area contributed by atoms with Crippen LogP contribution >= 0.6 is 0 Å². The Hall–Kier alpha value is -0.120. The van der Waals surface area contributed by atoms with Gasteiger partial charge >= 0.3 is 0 Å². The molecule has 2 aliphatic rings. The zero-order valence-corrected chi connectivity index (χ0v) is 9.74. The highest BCUT2D eigenvalue weighted by Gasteiger charge is 2.29. The number of hydrogen-bond donors (Lipinski definition) is 2. The smallest absolute Gasteiger partial charge is 0.0588 e. The second-order valence-electron chi connectivity index (χ2n) is 5.07. The highest BCUT2D eigenvalue weighted by Crippen LogP contribution is 2.26. The molecule has 1 aliphatic heterocycles. The minimum atomic E-state index is 0.440. The number of ether oxygens (including phenoxy) is 1. The van der Waals surface area contributed by atoms with E-state index in [4.69, 9.17) is 10.5 Å². The van der Waals surface area contributed by atoms with E-state index >= 15 is 0 Å². The Labute approximate surface area is 92.7 Å². The number of hydrogen-bond acceptors (Lipinski definition) is 3. The fraction of sp³-hybridized carbons (Fsp3) is 1.00. The van der Waals surface area contributed by atoms with Gasteiger partial charge in [-0.2, -0.15) is 0 Å². The monoisotopic (exact) mass is 212 g/mol. The molecule has 88 valence electrons. The van der Waals surface area contributed by atoms with Gasteiger partial charge in [0.05, 0.1) is 6.10 Å². The molecule has 1 aliphatic carbocycles. The Balaban J connectivity index is 1.72. The summed E-state index contributed by atoms with van der Waals surface area (Å²) in [6.07, 6.45) is 5.62. The van der Waals surface area contributed by atoms with Crippen LogP contribution in [0, 0.1) is 11.8 Å². The largest absolute Gasteiger partial charge is 0.378 e. The highest BCUT2D eigenvalue weighted by molar-refractivity contribution is 4.85. The zero-order chi connectivity index (χ0) is 10.7. The van der Waals surface area contributed by atoms with Gasteiger partial charge in [-0.25, -0.2) is 0 Å². The SMILES string of the molecule is CC1OCCC1CNC1CCCC1CN. The van der Waals surface area contributed by atoms with Gasteiger partial charge in [-0.3, -0.25) is 0 Å². The molecule has 4 unspecified atom stereocenters. The van der Waals surface area contributed by atoms with Gasteiger partial charge in [-0.05, 0) is 44.6 Å². The summed E-state index contributed by atoms with van der Waals surface area (Å²) in [4.78, 5) is 0. The summed E-state index contributed by atoms with van der Waals surface area (Å²) < 4.78 is 5.57. The number of nitrogens with two attached hydrogens (primary N) is 1. The lowest BCUT2D eigenvalue weighted by molar-refractivity contribution is 0.104. The van der Waals surface area contributed by atoms with Gasteiger partial charge in [0.25, 0.3) is 0 Å². The van der Waals surface area contributed by atoms with Gasteiger partial charge in [0, 0.05) is 19.2 Å². The molecule has 0 aromatic heterocycles. The number of rotatable bonds is 4. The lowest BCUT2D eigenvalue weighted by Gasteiger charge is -2.22. The molecule has 4 atom stereocenters. The van der Waals surface area contributed by atoms with E-state index in [9.17, 15) is 0 Å². The first kappa shape index (κ1) is 11.4. The zero-order valence-electron chi connectivity index (χ0n) is 9.74. The maximum absolute atomic E-state index is 5.77. The maximum Gasteiger partial charge on any atom is 0.0588 e. The molecule has 1 saturated carbocycles. The van der Waals surface area contributed by atoms with E-state index in [1.165, 1.54) is 25.7 Å². The van der Waals surface area contributed by atoms with Crippen molar-refractivity contribution in [1.29, 1.82) is 0 Å². The van der Waals surface area contributed by atoms with E-state index in [-0.39, 0.29) is 0 Å². The molecule has 1 heterocycles. The summed E-state index contributed by atoms with van der Waals surface area (Å²) in [5, 5.41) is 3.69. The predicted octanol–water partition coefficient (Wildman–Crippen LogP) is 1.13. The molecule has 15 heavy (non-hydrogen) atoms. The second-order valence-corrected chi connectivity index (χ2v) is 5.07. The summed E-state index contributed by atoms with van der Waals surface area (Å²) in [7, 11) is 0. The van der Waals surface area contributed by atoms with Crippen molar-refractivity contribution in [1.82, 2.24) is 5.32 Å². The van der Waals surface area contributed by atoms with E-state index in [2.05, 4.69) is 12.2 Å².